The highest BCUT2D eigenvalue weighted by atomic mass is 16.8. The van der Waals surface area contributed by atoms with Crippen LogP contribution in [0.2, 0.25) is 0 Å². The minimum atomic E-state index is -2.36. The number of carbonyl (C=O) groups is 1. The molecule has 74 valence electrons. The molecule has 0 bridgehead atoms. The molecule has 0 heterocycles. The number of hydrogen-bond acceptors (Lipinski definition) is 4. The summed E-state index contributed by atoms with van der Waals surface area (Å²) in [5, 5.41) is 17.8. The summed E-state index contributed by atoms with van der Waals surface area (Å²) in [5.74, 6) is -3.15. The normalized spacial score (nSPS) is 12.6. The maximum atomic E-state index is 10.8. The zero-order chi connectivity index (χ0) is 10.3. The van der Waals surface area contributed by atoms with E-state index in [1.54, 1.807) is 19.1 Å². The van der Waals surface area contributed by atoms with E-state index in [-0.39, 0.29) is 6.42 Å². The molecule has 0 fully saturated rings. The average molecular weight is 186 g/mol. The summed E-state index contributed by atoms with van der Waals surface area (Å²) in [6, 6.07) is 0. The van der Waals surface area contributed by atoms with Crippen LogP contribution >= 0.6 is 0 Å². The summed E-state index contributed by atoms with van der Waals surface area (Å²) in [6.07, 6.45) is 5.85. The highest BCUT2D eigenvalue weighted by Gasteiger charge is 2.24. The van der Waals surface area contributed by atoms with Crippen molar-refractivity contribution < 1.29 is 19.7 Å². The van der Waals surface area contributed by atoms with E-state index in [0.717, 1.165) is 6.08 Å². The number of hydrogen-bond donors (Lipinski definition) is 2. The van der Waals surface area contributed by atoms with Crippen molar-refractivity contribution in [2.45, 2.75) is 26.2 Å². The summed E-state index contributed by atoms with van der Waals surface area (Å²) in [6.45, 7) is 3.28. The Balaban J connectivity index is 4.01. The Morgan fingerprint density at radius 1 is 1.46 bits per heavy atom. The lowest BCUT2D eigenvalue weighted by molar-refractivity contribution is -0.317. The summed E-state index contributed by atoms with van der Waals surface area (Å²) in [5.41, 5.74) is 0. The molecule has 0 aliphatic rings. The van der Waals surface area contributed by atoms with Crippen molar-refractivity contribution in [3.8, 4) is 0 Å². The van der Waals surface area contributed by atoms with Gasteiger partial charge in [0.25, 0.3) is 0 Å². The van der Waals surface area contributed by atoms with Crippen molar-refractivity contribution in [3.63, 3.8) is 0 Å². The second-order valence-corrected chi connectivity index (χ2v) is 2.40. The molecular weight excluding hydrogens is 172 g/mol. The first-order valence-electron chi connectivity index (χ1n) is 3.99. The Labute approximate surface area is 77.1 Å². The van der Waals surface area contributed by atoms with Crippen LogP contribution in [-0.4, -0.2) is 22.2 Å². The van der Waals surface area contributed by atoms with Crippen molar-refractivity contribution in [1.29, 1.82) is 0 Å². The number of esters is 1. The standard InChI is InChI=1S/C9H14O4/c1-3-5-6-7-8(10)13-9(11,12)4-2/h3,5-7,11-12H,4H2,1-2H3/b5-3+,7-6+. The molecule has 0 atom stereocenters. The van der Waals surface area contributed by atoms with Crippen LogP contribution < -0.4 is 0 Å². The molecule has 0 saturated heterocycles. The average Bonchev–Trinajstić information content (AvgIpc) is 2.04. The fourth-order valence-electron chi connectivity index (χ4n) is 0.513. The molecule has 0 aliphatic carbocycles. The minimum Gasteiger partial charge on any atom is -0.405 e. The number of carbonyl (C=O) groups excluding carboxylic acids is 1. The molecule has 13 heavy (non-hydrogen) atoms. The molecule has 0 aromatic heterocycles. The quantitative estimate of drug-likeness (QED) is 0.294. The van der Waals surface area contributed by atoms with Crippen molar-refractivity contribution in [1.82, 2.24) is 0 Å². The molecule has 0 radical (unpaired) electrons. The highest BCUT2D eigenvalue weighted by Crippen LogP contribution is 2.07. The van der Waals surface area contributed by atoms with Gasteiger partial charge in [0.2, 0.25) is 0 Å². The van der Waals surface area contributed by atoms with Crippen molar-refractivity contribution in [2.75, 3.05) is 0 Å². The van der Waals surface area contributed by atoms with Crippen LogP contribution in [0, 0.1) is 0 Å². The molecule has 0 aromatic carbocycles. The maximum absolute atomic E-state index is 10.8. The van der Waals surface area contributed by atoms with E-state index in [0.29, 0.717) is 0 Å². The third-order valence-corrected chi connectivity index (χ3v) is 1.26. The van der Waals surface area contributed by atoms with Gasteiger partial charge >= 0.3 is 11.9 Å². The van der Waals surface area contributed by atoms with Crippen molar-refractivity contribution >= 4 is 5.97 Å². The van der Waals surface area contributed by atoms with Gasteiger partial charge in [0, 0.05) is 12.5 Å². The van der Waals surface area contributed by atoms with Gasteiger partial charge in [0.1, 0.15) is 0 Å². The second-order valence-electron chi connectivity index (χ2n) is 2.40. The van der Waals surface area contributed by atoms with Crippen molar-refractivity contribution in [2.24, 2.45) is 0 Å². The van der Waals surface area contributed by atoms with Gasteiger partial charge in [-0.25, -0.2) is 4.79 Å². The van der Waals surface area contributed by atoms with Crippen LogP contribution in [-0.2, 0) is 9.53 Å². The van der Waals surface area contributed by atoms with Gasteiger partial charge in [-0.1, -0.05) is 25.2 Å². The van der Waals surface area contributed by atoms with Gasteiger partial charge in [0.05, 0.1) is 0 Å². The van der Waals surface area contributed by atoms with Crippen LogP contribution in [0.4, 0.5) is 0 Å². The van der Waals surface area contributed by atoms with E-state index >= 15 is 0 Å². The summed E-state index contributed by atoms with van der Waals surface area (Å²) < 4.78 is 4.29. The lowest BCUT2D eigenvalue weighted by Crippen LogP contribution is -2.32. The molecular formula is C9H14O4. The number of allylic oxidation sites excluding steroid dienone is 3. The van der Waals surface area contributed by atoms with E-state index in [9.17, 15) is 4.79 Å². The van der Waals surface area contributed by atoms with Gasteiger partial charge in [-0.2, -0.15) is 0 Å². The van der Waals surface area contributed by atoms with Gasteiger partial charge in [0.15, 0.2) is 0 Å². The molecule has 0 unspecified atom stereocenters. The first-order valence-corrected chi connectivity index (χ1v) is 3.99. The smallest absolute Gasteiger partial charge is 0.334 e. The third-order valence-electron chi connectivity index (χ3n) is 1.26. The number of rotatable bonds is 4. The first-order chi connectivity index (χ1) is 6.02. The Morgan fingerprint density at radius 3 is 2.54 bits per heavy atom. The molecule has 4 nitrogen and oxygen atoms in total. The van der Waals surface area contributed by atoms with Crippen molar-refractivity contribution in [3.05, 3.63) is 24.3 Å². The maximum Gasteiger partial charge on any atom is 0.334 e. The number of aliphatic hydroxyl groups is 2. The van der Waals surface area contributed by atoms with Gasteiger partial charge < -0.3 is 14.9 Å². The molecule has 0 saturated carbocycles. The Kier molecular flexibility index (Phi) is 5.03. The first kappa shape index (κ1) is 11.9. The molecule has 0 aromatic rings. The molecule has 0 rings (SSSR count). The summed E-state index contributed by atoms with van der Waals surface area (Å²) >= 11 is 0. The van der Waals surface area contributed by atoms with Crippen LogP contribution in [0.3, 0.4) is 0 Å². The van der Waals surface area contributed by atoms with Crippen LogP contribution in [0.1, 0.15) is 20.3 Å². The van der Waals surface area contributed by atoms with E-state index in [1.807, 2.05) is 0 Å². The SMILES string of the molecule is C/C=C/C=C/C(=O)OC(O)(O)CC. The Hall–Kier alpha value is -1.13. The van der Waals surface area contributed by atoms with Crippen LogP contribution in [0.15, 0.2) is 24.3 Å². The van der Waals surface area contributed by atoms with Gasteiger partial charge in [-0.05, 0) is 6.92 Å². The zero-order valence-corrected chi connectivity index (χ0v) is 7.73. The van der Waals surface area contributed by atoms with Gasteiger partial charge in [-0.15, -0.1) is 0 Å². The topological polar surface area (TPSA) is 66.8 Å². The molecule has 4 heteroatoms. The monoisotopic (exact) mass is 186 g/mol. The predicted molar refractivity (Wildman–Crippen MR) is 47.5 cm³/mol. The largest absolute Gasteiger partial charge is 0.405 e. The summed E-state index contributed by atoms with van der Waals surface area (Å²) in [7, 11) is 0. The predicted octanol–water partition coefficient (Wildman–Crippen LogP) is 0.710. The van der Waals surface area contributed by atoms with E-state index in [4.69, 9.17) is 10.2 Å². The highest BCUT2D eigenvalue weighted by molar-refractivity contribution is 5.82. The molecule has 0 spiro atoms. The summed E-state index contributed by atoms with van der Waals surface area (Å²) in [4.78, 5) is 10.8. The zero-order valence-electron chi connectivity index (χ0n) is 7.73. The molecule has 0 aliphatic heterocycles. The fourth-order valence-corrected chi connectivity index (χ4v) is 0.513. The van der Waals surface area contributed by atoms with E-state index < -0.39 is 11.9 Å². The number of ether oxygens (including phenoxy) is 1. The van der Waals surface area contributed by atoms with Crippen LogP contribution in [0.5, 0.6) is 0 Å². The third kappa shape index (κ3) is 6.07. The fraction of sp³-hybridized carbons (Fsp3) is 0.444. The molecule has 0 amide bonds. The Bertz CT molecular complexity index is 216. The van der Waals surface area contributed by atoms with E-state index in [1.165, 1.54) is 13.0 Å². The minimum absolute atomic E-state index is 0.0732. The van der Waals surface area contributed by atoms with Gasteiger partial charge in [-0.3, -0.25) is 0 Å². The lowest BCUT2D eigenvalue weighted by Gasteiger charge is -2.17. The van der Waals surface area contributed by atoms with E-state index in [2.05, 4.69) is 4.74 Å². The van der Waals surface area contributed by atoms with Crippen LogP contribution in [0.25, 0.3) is 0 Å². The Morgan fingerprint density at radius 2 is 2.08 bits per heavy atom. The second kappa shape index (κ2) is 5.50. The molecule has 2 N–H and O–H groups in total. The lowest BCUT2D eigenvalue weighted by atomic mass is 10.4.